The number of nitrogens with two attached hydrogens (primary N) is 2. The summed E-state index contributed by atoms with van der Waals surface area (Å²) in [4.78, 5) is 12.0. The summed E-state index contributed by atoms with van der Waals surface area (Å²) < 4.78 is 0. The van der Waals surface area contributed by atoms with Crippen LogP contribution in [0.3, 0.4) is 0 Å². The highest BCUT2D eigenvalue weighted by atomic mass is 16.2. The monoisotopic (exact) mass is 249 g/mol. The molecule has 0 heterocycles. The number of carbonyl (C=O) groups excluding carboxylic acids is 1. The Labute approximate surface area is 109 Å². The first-order chi connectivity index (χ1) is 8.47. The van der Waals surface area contributed by atoms with Crippen molar-refractivity contribution in [2.24, 2.45) is 11.5 Å². The first kappa shape index (κ1) is 14.7. The molecule has 100 valence electrons. The van der Waals surface area contributed by atoms with Gasteiger partial charge >= 0.3 is 0 Å². The number of rotatable bonds is 6. The van der Waals surface area contributed by atoms with Crippen LogP contribution in [0.2, 0.25) is 0 Å². The normalized spacial score (nSPS) is 13.1. The number of benzene rings is 1. The van der Waals surface area contributed by atoms with Crippen molar-refractivity contribution >= 4 is 5.91 Å². The molecule has 4 heteroatoms. The second-order valence-corrected chi connectivity index (χ2v) is 5.02. The average Bonchev–Trinajstić information content (AvgIpc) is 2.36. The van der Waals surface area contributed by atoms with E-state index in [2.05, 4.69) is 5.32 Å². The Morgan fingerprint density at radius 3 is 2.50 bits per heavy atom. The van der Waals surface area contributed by atoms with Crippen LogP contribution in [-0.4, -0.2) is 18.5 Å². The minimum Gasteiger partial charge on any atom is -0.346 e. The quantitative estimate of drug-likeness (QED) is 0.706. The number of hydrogen-bond acceptors (Lipinski definition) is 3. The molecule has 1 unspecified atom stereocenters. The highest BCUT2D eigenvalue weighted by molar-refractivity contribution is 5.82. The molecule has 1 rings (SSSR count). The Hall–Kier alpha value is -1.39. The van der Waals surface area contributed by atoms with Crippen molar-refractivity contribution < 1.29 is 4.79 Å². The summed E-state index contributed by atoms with van der Waals surface area (Å²) in [5, 5.41) is 2.98. The van der Waals surface area contributed by atoms with Gasteiger partial charge in [0.15, 0.2) is 0 Å². The fourth-order valence-corrected chi connectivity index (χ4v) is 1.80. The molecule has 1 aromatic carbocycles. The van der Waals surface area contributed by atoms with Gasteiger partial charge in [0.25, 0.3) is 0 Å². The molecule has 0 spiro atoms. The van der Waals surface area contributed by atoms with E-state index >= 15 is 0 Å². The summed E-state index contributed by atoms with van der Waals surface area (Å²) in [6.45, 7) is 4.49. The van der Waals surface area contributed by atoms with E-state index in [0.29, 0.717) is 13.0 Å². The lowest BCUT2D eigenvalue weighted by molar-refractivity contribution is -0.124. The fourth-order valence-electron chi connectivity index (χ4n) is 1.80. The third kappa shape index (κ3) is 4.13. The van der Waals surface area contributed by atoms with E-state index < -0.39 is 11.6 Å². The zero-order valence-electron chi connectivity index (χ0n) is 11.1. The Morgan fingerprint density at radius 2 is 1.94 bits per heavy atom. The van der Waals surface area contributed by atoms with Crippen LogP contribution < -0.4 is 16.8 Å². The highest BCUT2D eigenvalue weighted by Crippen LogP contribution is 2.19. The van der Waals surface area contributed by atoms with Gasteiger partial charge in [0.2, 0.25) is 5.91 Å². The van der Waals surface area contributed by atoms with Gasteiger partial charge in [0.05, 0.1) is 11.6 Å². The van der Waals surface area contributed by atoms with Crippen molar-refractivity contribution in [3.63, 3.8) is 0 Å². The van der Waals surface area contributed by atoms with Crippen molar-refractivity contribution in [3.8, 4) is 0 Å². The summed E-state index contributed by atoms with van der Waals surface area (Å²) in [6, 6.07) is 9.36. The molecule has 0 bridgehead atoms. The smallest absolute Gasteiger partial charge is 0.237 e. The molecule has 0 radical (unpaired) electrons. The molecule has 0 saturated carbocycles. The van der Waals surface area contributed by atoms with Gasteiger partial charge in [-0.15, -0.1) is 0 Å². The van der Waals surface area contributed by atoms with E-state index in [1.807, 2.05) is 44.2 Å². The SMILES string of the molecule is CC(C)(NC(=O)C(N)CCCN)c1ccccc1. The second-order valence-electron chi connectivity index (χ2n) is 5.02. The minimum absolute atomic E-state index is 0.127. The van der Waals surface area contributed by atoms with Gasteiger partial charge in [-0.1, -0.05) is 30.3 Å². The molecule has 0 fully saturated rings. The molecule has 1 aromatic rings. The molecule has 1 atom stereocenters. The third-order valence-electron chi connectivity index (χ3n) is 2.99. The van der Waals surface area contributed by atoms with Gasteiger partial charge in [0.1, 0.15) is 0 Å². The summed E-state index contributed by atoms with van der Waals surface area (Å²) in [6.07, 6.45) is 1.38. The van der Waals surface area contributed by atoms with E-state index in [9.17, 15) is 4.79 Å². The largest absolute Gasteiger partial charge is 0.346 e. The zero-order valence-corrected chi connectivity index (χ0v) is 11.1. The van der Waals surface area contributed by atoms with Crippen molar-refractivity contribution in [2.75, 3.05) is 6.54 Å². The van der Waals surface area contributed by atoms with E-state index in [1.54, 1.807) is 0 Å². The third-order valence-corrected chi connectivity index (χ3v) is 2.99. The Bertz CT molecular complexity index is 376. The molecule has 4 nitrogen and oxygen atoms in total. The van der Waals surface area contributed by atoms with Gasteiger partial charge < -0.3 is 16.8 Å². The van der Waals surface area contributed by atoms with Crippen LogP contribution in [-0.2, 0) is 10.3 Å². The van der Waals surface area contributed by atoms with Crippen molar-refractivity contribution in [1.82, 2.24) is 5.32 Å². The van der Waals surface area contributed by atoms with Gasteiger partial charge in [-0.2, -0.15) is 0 Å². The minimum atomic E-state index is -0.489. The average molecular weight is 249 g/mol. The standard InChI is InChI=1S/C14H23N3O/c1-14(2,11-7-4-3-5-8-11)17-13(18)12(16)9-6-10-15/h3-5,7-8,12H,6,9-10,15-16H2,1-2H3,(H,17,18). The predicted octanol–water partition coefficient (Wildman–Crippen LogP) is 1.10. The van der Waals surface area contributed by atoms with E-state index in [-0.39, 0.29) is 5.91 Å². The maximum Gasteiger partial charge on any atom is 0.237 e. The number of amides is 1. The van der Waals surface area contributed by atoms with Crippen molar-refractivity contribution in [2.45, 2.75) is 38.3 Å². The van der Waals surface area contributed by atoms with Crippen LogP contribution in [0.5, 0.6) is 0 Å². The van der Waals surface area contributed by atoms with Gasteiger partial charge in [0, 0.05) is 0 Å². The first-order valence-electron chi connectivity index (χ1n) is 6.30. The Morgan fingerprint density at radius 1 is 1.33 bits per heavy atom. The summed E-state index contributed by atoms with van der Waals surface area (Å²) in [5.74, 6) is -0.127. The maximum absolute atomic E-state index is 12.0. The lowest BCUT2D eigenvalue weighted by Crippen LogP contribution is -2.49. The number of nitrogens with one attached hydrogen (secondary N) is 1. The second kappa shape index (κ2) is 6.52. The summed E-state index contributed by atoms with van der Waals surface area (Å²) in [7, 11) is 0. The molecule has 0 aliphatic heterocycles. The lowest BCUT2D eigenvalue weighted by Gasteiger charge is -2.28. The van der Waals surface area contributed by atoms with E-state index in [1.165, 1.54) is 0 Å². The fraction of sp³-hybridized carbons (Fsp3) is 0.500. The van der Waals surface area contributed by atoms with Crippen LogP contribution in [0.25, 0.3) is 0 Å². The van der Waals surface area contributed by atoms with Gasteiger partial charge in [-0.3, -0.25) is 4.79 Å². The van der Waals surface area contributed by atoms with Crippen LogP contribution in [0, 0.1) is 0 Å². The molecule has 0 aliphatic rings. The van der Waals surface area contributed by atoms with Crippen molar-refractivity contribution in [3.05, 3.63) is 35.9 Å². The summed E-state index contributed by atoms with van der Waals surface area (Å²) >= 11 is 0. The lowest BCUT2D eigenvalue weighted by atomic mass is 9.93. The molecule has 18 heavy (non-hydrogen) atoms. The maximum atomic E-state index is 12.0. The Balaban J connectivity index is 2.63. The molecular formula is C14H23N3O. The summed E-state index contributed by atoms with van der Waals surface area (Å²) in [5.41, 5.74) is 11.9. The molecule has 1 amide bonds. The molecule has 0 aromatic heterocycles. The Kier molecular flexibility index (Phi) is 5.31. The van der Waals surface area contributed by atoms with Crippen molar-refractivity contribution in [1.29, 1.82) is 0 Å². The van der Waals surface area contributed by atoms with Gasteiger partial charge in [-0.25, -0.2) is 0 Å². The number of carbonyl (C=O) groups is 1. The zero-order chi connectivity index (χ0) is 13.6. The van der Waals surface area contributed by atoms with Crippen LogP contribution in [0.1, 0.15) is 32.3 Å². The molecule has 0 saturated heterocycles. The van der Waals surface area contributed by atoms with E-state index in [0.717, 1.165) is 12.0 Å². The highest BCUT2D eigenvalue weighted by Gasteiger charge is 2.25. The van der Waals surface area contributed by atoms with Crippen LogP contribution >= 0.6 is 0 Å². The first-order valence-corrected chi connectivity index (χ1v) is 6.30. The topological polar surface area (TPSA) is 81.1 Å². The molecular weight excluding hydrogens is 226 g/mol. The van der Waals surface area contributed by atoms with E-state index in [4.69, 9.17) is 11.5 Å². The molecule has 0 aliphatic carbocycles. The van der Waals surface area contributed by atoms with Crippen LogP contribution in [0.4, 0.5) is 0 Å². The van der Waals surface area contributed by atoms with Crippen LogP contribution in [0.15, 0.2) is 30.3 Å². The number of hydrogen-bond donors (Lipinski definition) is 3. The predicted molar refractivity (Wildman–Crippen MR) is 73.9 cm³/mol. The molecule has 5 N–H and O–H groups in total. The van der Waals surface area contributed by atoms with Gasteiger partial charge in [-0.05, 0) is 38.8 Å².